The molecule has 142 valence electrons. The van der Waals surface area contributed by atoms with Gasteiger partial charge in [0.25, 0.3) is 0 Å². The maximum atomic E-state index is 13.0. The highest BCUT2D eigenvalue weighted by atomic mass is 32.2. The summed E-state index contributed by atoms with van der Waals surface area (Å²) in [5, 5.41) is 4.47. The van der Waals surface area contributed by atoms with E-state index in [1.807, 2.05) is 37.3 Å². The van der Waals surface area contributed by atoms with Crippen molar-refractivity contribution in [3.63, 3.8) is 0 Å². The predicted octanol–water partition coefficient (Wildman–Crippen LogP) is 3.14. The Hall–Kier alpha value is -1.86. The van der Waals surface area contributed by atoms with Crippen molar-refractivity contribution in [3.05, 3.63) is 41.7 Å². The predicted molar refractivity (Wildman–Crippen MR) is 101 cm³/mol. The molecule has 7 heteroatoms. The number of aromatic nitrogens is 2. The van der Waals surface area contributed by atoms with Gasteiger partial charge in [0, 0.05) is 26.1 Å². The number of piperidine rings is 1. The lowest BCUT2D eigenvalue weighted by Gasteiger charge is -2.26. The van der Waals surface area contributed by atoms with Crippen LogP contribution < -0.4 is 4.74 Å². The van der Waals surface area contributed by atoms with Crippen molar-refractivity contribution in [2.75, 3.05) is 19.7 Å². The Morgan fingerprint density at radius 2 is 1.77 bits per heavy atom. The molecule has 2 heterocycles. The van der Waals surface area contributed by atoms with Crippen molar-refractivity contribution in [3.8, 4) is 5.75 Å². The smallest absolute Gasteiger partial charge is 0.246 e. The Balaban J connectivity index is 1.65. The summed E-state index contributed by atoms with van der Waals surface area (Å²) in [6.07, 6.45) is 3.73. The molecular weight excluding hydrogens is 350 g/mol. The van der Waals surface area contributed by atoms with Crippen molar-refractivity contribution in [2.24, 2.45) is 0 Å². The Morgan fingerprint density at radius 1 is 1.08 bits per heavy atom. The van der Waals surface area contributed by atoms with Crippen LogP contribution in [-0.4, -0.2) is 42.2 Å². The summed E-state index contributed by atoms with van der Waals surface area (Å²) in [5.41, 5.74) is 1.30. The molecule has 26 heavy (non-hydrogen) atoms. The molecule has 2 aromatic rings. The SMILES string of the molecule is Cc1nn(CCCOc2ccccc2)c(C)c1S(=O)(=O)N1CCCCC1. The molecular formula is C19H27N3O3S. The maximum Gasteiger partial charge on any atom is 0.246 e. The molecule has 0 amide bonds. The van der Waals surface area contributed by atoms with Gasteiger partial charge in [0.1, 0.15) is 10.6 Å². The lowest BCUT2D eigenvalue weighted by atomic mass is 10.2. The van der Waals surface area contributed by atoms with Crippen LogP contribution in [0.15, 0.2) is 35.2 Å². The minimum Gasteiger partial charge on any atom is -0.494 e. The molecule has 0 radical (unpaired) electrons. The van der Waals surface area contributed by atoms with E-state index in [1.165, 1.54) is 0 Å². The van der Waals surface area contributed by atoms with E-state index < -0.39 is 10.0 Å². The van der Waals surface area contributed by atoms with Crippen molar-refractivity contribution in [1.82, 2.24) is 14.1 Å². The topological polar surface area (TPSA) is 64.4 Å². The van der Waals surface area contributed by atoms with Gasteiger partial charge in [-0.1, -0.05) is 24.6 Å². The van der Waals surface area contributed by atoms with Crippen LogP contribution in [0.2, 0.25) is 0 Å². The van der Waals surface area contributed by atoms with Gasteiger partial charge in [-0.05, 0) is 38.8 Å². The fourth-order valence-corrected chi connectivity index (χ4v) is 5.32. The van der Waals surface area contributed by atoms with Gasteiger partial charge in [0.2, 0.25) is 10.0 Å². The zero-order valence-electron chi connectivity index (χ0n) is 15.5. The van der Waals surface area contributed by atoms with E-state index in [0.29, 0.717) is 42.5 Å². The van der Waals surface area contributed by atoms with E-state index in [0.717, 1.165) is 31.4 Å². The first kappa shape index (κ1) is 18.9. The van der Waals surface area contributed by atoms with Gasteiger partial charge in [-0.25, -0.2) is 8.42 Å². The molecule has 6 nitrogen and oxygen atoms in total. The van der Waals surface area contributed by atoms with Gasteiger partial charge < -0.3 is 4.74 Å². The second-order valence-corrected chi connectivity index (χ2v) is 8.58. The quantitative estimate of drug-likeness (QED) is 0.696. The molecule has 0 N–H and O–H groups in total. The molecule has 3 rings (SSSR count). The molecule has 0 aliphatic carbocycles. The van der Waals surface area contributed by atoms with E-state index in [-0.39, 0.29) is 0 Å². The second-order valence-electron chi connectivity index (χ2n) is 6.70. The highest BCUT2D eigenvalue weighted by molar-refractivity contribution is 7.89. The number of benzene rings is 1. The zero-order chi connectivity index (χ0) is 18.6. The van der Waals surface area contributed by atoms with E-state index in [1.54, 1.807) is 15.9 Å². The maximum absolute atomic E-state index is 13.0. The van der Waals surface area contributed by atoms with Gasteiger partial charge in [-0.2, -0.15) is 9.40 Å². The standard InChI is InChI=1S/C19H27N3O3S/c1-16-19(26(23,24)21-12-7-4-8-13-21)17(2)22(20-16)14-9-15-25-18-10-5-3-6-11-18/h3,5-6,10-11H,4,7-9,12-15H2,1-2H3. The molecule has 1 aliphatic rings. The Kier molecular flexibility index (Phi) is 5.98. The lowest BCUT2D eigenvalue weighted by Crippen LogP contribution is -2.36. The normalized spacial score (nSPS) is 15.9. The van der Waals surface area contributed by atoms with Crippen LogP contribution in [0.3, 0.4) is 0 Å². The van der Waals surface area contributed by atoms with E-state index in [9.17, 15) is 8.42 Å². The average Bonchev–Trinajstić information content (AvgIpc) is 2.94. The fraction of sp³-hybridized carbons (Fsp3) is 0.526. The van der Waals surface area contributed by atoms with Crippen LogP contribution in [0.5, 0.6) is 5.75 Å². The molecule has 1 aliphatic heterocycles. The van der Waals surface area contributed by atoms with Crippen LogP contribution in [0, 0.1) is 13.8 Å². The Bertz CT molecular complexity index is 825. The van der Waals surface area contributed by atoms with Crippen molar-refractivity contribution in [2.45, 2.75) is 51.0 Å². The molecule has 0 unspecified atom stereocenters. The van der Waals surface area contributed by atoms with Crippen LogP contribution in [0.1, 0.15) is 37.1 Å². The number of rotatable bonds is 7. The molecule has 1 aromatic heterocycles. The minimum absolute atomic E-state index is 0.378. The number of para-hydroxylation sites is 1. The Morgan fingerprint density at radius 3 is 2.46 bits per heavy atom. The largest absolute Gasteiger partial charge is 0.494 e. The summed E-state index contributed by atoms with van der Waals surface area (Å²) < 4.78 is 35.1. The number of hydrogen-bond donors (Lipinski definition) is 0. The molecule has 0 spiro atoms. The van der Waals surface area contributed by atoms with Crippen LogP contribution >= 0.6 is 0 Å². The first-order valence-corrected chi connectivity index (χ1v) is 10.7. The average molecular weight is 378 g/mol. The van der Waals surface area contributed by atoms with Gasteiger partial charge in [0.15, 0.2) is 0 Å². The van der Waals surface area contributed by atoms with Gasteiger partial charge in [-0.15, -0.1) is 0 Å². The summed E-state index contributed by atoms with van der Waals surface area (Å²) in [7, 11) is -3.46. The number of ether oxygens (including phenoxy) is 1. The molecule has 1 saturated heterocycles. The van der Waals surface area contributed by atoms with E-state index in [4.69, 9.17) is 4.74 Å². The van der Waals surface area contributed by atoms with Crippen LogP contribution in [0.4, 0.5) is 0 Å². The van der Waals surface area contributed by atoms with E-state index >= 15 is 0 Å². The first-order chi connectivity index (χ1) is 12.5. The van der Waals surface area contributed by atoms with Gasteiger partial charge in [0.05, 0.1) is 18.0 Å². The molecule has 0 atom stereocenters. The number of sulfonamides is 1. The molecule has 1 aromatic carbocycles. The first-order valence-electron chi connectivity index (χ1n) is 9.22. The third kappa shape index (κ3) is 4.10. The summed E-state index contributed by atoms with van der Waals surface area (Å²) >= 11 is 0. The van der Waals surface area contributed by atoms with Crippen molar-refractivity contribution in [1.29, 1.82) is 0 Å². The number of aryl methyl sites for hydroxylation is 2. The third-order valence-corrected chi connectivity index (χ3v) is 6.91. The molecule has 0 saturated carbocycles. The fourth-order valence-electron chi connectivity index (χ4n) is 3.43. The van der Waals surface area contributed by atoms with Crippen LogP contribution in [0.25, 0.3) is 0 Å². The lowest BCUT2D eigenvalue weighted by molar-refractivity contribution is 0.298. The second kappa shape index (κ2) is 8.22. The zero-order valence-corrected chi connectivity index (χ0v) is 16.3. The van der Waals surface area contributed by atoms with Crippen molar-refractivity contribution < 1.29 is 13.2 Å². The number of hydrogen-bond acceptors (Lipinski definition) is 4. The minimum atomic E-state index is -3.46. The number of nitrogens with zero attached hydrogens (tertiary/aromatic N) is 3. The summed E-state index contributed by atoms with van der Waals surface area (Å²) in [6, 6.07) is 9.68. The molecule has 0 bridgehead atoms. The van der Waals surface area contributed by atoms with E-state index in [2.05, 4.69) is 5.10 Å². The third-order valence-electron chi connectivity index (χ3n) is 4.75. The summed E-state index contributed by atoms with van der Waals surface area (Å²) in [6.45, 7) is 6.04. The van der Waals surface area contributed by atoms with Gasteiger partial charge >= 0.3 is 0 Å². The van der Waals surface area contributed by atoms with Crippen molar-refractivity contribution >= 4 is 10.0 Å². The van der Waals surface area contributed by atoms with Gasteiger partial charge in [-0.3, -0.25) is 4.68 Å². The van der Waals surface area contributed by atoms with Crippen LogP contribution in [-0.2, 0) is 16.6 Å². The monoisotopic (exact) mass is 377 g/mol. The summed E-state index contributed by atoms with van der Waals surface area (Å²) in [4.78, 5) is 0.378. The summed E-state index contributed by atoms with van der Waals surface area (Å²) in [5.74, 6) is 0.842. The highest BCUT2D eigenvalue weighted by Crippen LogP contribution is 2.26. The Labute approximate surface area is 155 Å². The highest BCUT2D eigenvalue weighted by Gasteiger charge is 2.31. The molecule has 1 fully saturated rings.